The number of amides is 1. The molecule has 0 saturated carbocycles. The van der Waals surface area contributed by atoms with Crippen LogP contribution < -0.4 is 0 Å². The second kappa shape index (κ2) is 6.72. The standard InChI is InChI=1S/C18H19N5O3/c24-18(21-11-7-16(13-21)20-9-1-2-10-20)17-8-12-22(19-17)14-3-5-15(6-4-14)23(25)26/h1-6,8,12,16H,7,9-11,13H2/t16-/m1/s1. The largest absolute Gasteiger partial charge is 0.336 e. The maximum atomic E-state index is 12.7. The number of nitro benzene ring substituents is 1. The van der Waals surface area contributed by atoms with Crippen LogP contribution in [0.25, 0.3) is 5.69 Å². The number of carbonyl (C=O) groups is 1. The van der Waals surface area contributed by atoms with E-state index in [2.05, 4.69) is 22.2 Å². The third kappa shape index (κ3) is 3.11. The molecular formula is C18H19N5O3. The van der Waals surface area contributed by atoms with Crippen LogP contribution in [0, 0.1) is 10.1 Å². The third-order valence-electron chi connectivity index (χ3n) is 4.95. The van der Waals surface area contributed by atoms with E-state index in [9.17, 15) is 14.9 Å². The summed E-state index contributed by atoms with van der Waals surface area (Å²) in [5.74, 6) is -0.0692. The Hall–Kier alpha value is -3.00. The fraction of sp³-hybridized carbons (Fsp3) is 0.333. The monoisotopic (exact) mass is 353 g/mol. The first-order chi connectivity index (χ1) is 12.6. The van der Waals surface area contributed by atoms with Crippen molar-refractivity contribution in [3.8, 4) is 5.69 Å². The van der Waals surface area contributed by atoms with Crippen LogP contribution in [0.4, 0.5) is 5.69 Å². The molecule has 0 bridgehead atoms. The normalized spacial score (nSPS) is 20.0. The minimum absolute atomic E-state index is 0.0247. The molecule has 1 atom stereocenters. The number of hydrogen-bond acceptors (Lipinski definition) is 5. The van der Waals surface area contributed by atoms with E-state index in [-0.39, 0.29) is 11.6 Å². The minimum atomic E-state index is -0.443. The minimum Gasteiger partial charge on any atom is -0.336 e. The van der Waals surface area contributed by atoms with Gasteiger partial charge in [-0.15, -0.1) is 0 Å². The fourth-order valence-electron chi connectivity index (χ4n) is 3.49. The molecule has 0 radical (unpaired) electrons. The number of likely N-dealkylation sites (tertiary alicyclic amines) is 1. The molecule has 0 spiro atoms. The van der Waals surface area contributed by atoms with Gasteiger partial charge in [0.25, 0.3) is 11.6 Å². The highest BCUT2D eigenvalue weighted by Gasteiger charge is 2.31. The van der Waals surface area contributed by atoms with E-state index in [0.717, 1.165) is 32.6 Å². The molecule has 0 N–H and O–H groups in total. The van der Waals surface area contributed by atoms with Gasteiger partial charge in [0, 0.05) is 50.6 Å². The van der Waals surface area contributed by atoms with E-state index in [4.69, 9.17) is 0 Å². The van der Waals surface area contributed by atoms with Crippen LogP contribution in [0.3, 0.4) is 0 Å². The van der Waals surface area contributed by atoms with E-state index in [1.165, 1.54) is 12.1 Å². The van der Waals surface area contributed by atoms with Crippen molar-refractivity contribution in [1.29, 1.82) is 0 Å². The molecule has 134 valence electrons. The molecular weight excluding hydrogens is 334 g/mol. The Morgan fingerprint density at radius 1 is 1.15 bits per heavy atom. The van der Waals surface area contributed by atoms with Gasteiger partial charge >= 0.3 is 0 Å². The van der Waals surface area contributed by atoms with Gasteiger partial charge in [0.05, 0.1) is 10.6 Å². The number of carbonyl (C=O) groups excluding carboxylic acids is 1. The first-order valence-electron chi connectivity index (χ1n) is 8.60. The Bertz CT molecular complexity index is 850. The van der Waals surface area contributed by atoms with E-state index < -0.39 is 4.92 Å². The summed E-state index contributed by atoms with van der Waals surface area (Å²) in [4.78, 5) is 27.2. The van der Waals surface area contributed by atoms with Crippen molar-refractivity contribution in [3.63, 3.8) is 0 Å². The van der Waals surface area contributed by atoms with Crippen molar-refractivity contribution in [1.82, 2.24) is 19.6 Å². The molecule has 1 amide bonds. The number of nitro groups is 1. The topological polar surface area (TPSA) is 84.5 Å². The summed E-state index contributed by atoms with van der Waals surface area (Å²) >= 11 is 0. The molecule has 26 heavy (non-hydrogen) atoms. The molecule has 1 fully saturated rings. The predicted octanol–water partition coefficient (Wildman–Crippen LogP) is 1.87. The zero-order valence-corrected chi connectivity index (χ0v) is 14.2. The lowest BCUT2D eigenvalue weighted by molar-refractivity contribution is -0.384. The number of hydrogen-bond donors (Lipinski definition) is 0. The first-order valence-corrected chi connectivity index (χ1v) is 8.60. The Balaban J connectivity index is 1.44. The van der Waals surface area contributed by atoms with Gasteiger partial charge in [-0.3, -0.25) is 19.8 Å². The number of benzene rings is 1. The average Bonchev–Trinajstić information content (AvgIpc) is 3.42. The molecule has 2 aromatic rings. The van der Waals surface area contributed by atoms with E-state index in [1.54, 1.807) is 29.1 Å². The molecule has 0 unspecified atom stereocenters. The Labute approximate surface area is 150 Å². The summed E-state index contributed by atoms with van der Waals surface area (Å²) in [6, 6.07) is 8.18. The van der Waals surface area contributed by atoms with Gasteiger partial charge in [-0.1, -0.05) is 12.2 Å². The van der Waals surface area contributed by atoms with E-state index in [1.807, 2.05) is 4.90 Å². The summed E-state index contributed by atoms with van der Waals surface area (Å²) in [6.07, 6.45) is 7.01. The zero-order valence-electron chi connectivity index (χ0n) is 14.2. The van der Waals surface area contributed by atoms with Crippen LogP contribution in [-0.4, -0.2) is 62.6 Å². The number of aromatic nitrogens is 2. The lowest BCUT2D eigenvalue weighted by atomic mass is 10.2. The Kier molecular flexibility index (Phi) is 4.26. The van der Waals surface area contributed by atoms with Crippen molar-refractivity contribution >= 4 is 11.6 Å². The van der Waals surface area contributed by atoms with Crippen molar-refractivity contribution in [2.75, 3.05) is 26.2 Å². The SMILES string of the molecule is O=C(c1ccn(-c2ccc([N+](=O)[O-])cc2)n1)N1CC[C@@H](N2CC=CC2)C1. The molecule has 1 saturated heterocycles. The highest BCUT2D eigenvalue weighted by molar-refractivity contribution is 5.92. The van der Waals surface area contributed by atoms with Crippen LogP contribution in [0.1, 0.15) is 16.9 Å². The Morgan fingerprint density at radius 3 is 2.58 bits per heavy atom. The zero-order chi connectivity index (χ0) is 18.1. The average molecular weight is 353 g/mol. The van der Waals surface area contributed by atoms with Gasteiger partial charge in [-0.05, 0) is 24.6 Å². The number of rotatable bonds is 4. The fourth-order valence-corrected chi connectivity index (χ4v) is 3.49. The lowest BCUT2D eigenvalue weighted by Crippen LogP contribution is -2.37. The molecule has 1 aromatic heterocycles. The molecule has 1 aromatic carbocycles. The second-order valence-corrected chi connectivity index (χ2v) is 6.54. The Morgan fingerprint density at radius 2 is 1.88 bits per heavy atom. The molecule has 2 aliphatic heterocycles. The van der Waals surface area contributed by atoms with Crippen LogP contribution in [0.15, 0.2) is 48.7 Å². The maximum Gasteiger partial charge on any atom is 0.274 e. The van der Waals surface area contributed by atoms with Gasteiger partial charge in [0.1, 0.15) is 0 Å². The molecule has 8 nitrogen and oxygen atoms in total. The van der Waals surface area contributed by atoms with Gasteiger partial charge in [0.2, 0.25) is 0 Å². The summed E-state index contributed by atoms with van der Waals surface area (Å²) in [5, 5.41) is 15.1. The van der Waals surface area contributed by atoms with Crippen molar-refractivity contribution in [2.24, 2.45) is 0 Å². The second-order valence-electron chi connectivity index (χ2n) is 6.54. The quantitative estimate of drug-likeness (QED) is 0.476. The highest BCUT2D eigenvalue weighted by Crippen LogP contribution is 2.20. The van der Waals surface area contributed by atoms with Crippen molar-refractivity contribution in [3.05, 3.63) is 64.5 Å². The predicted molar refractivity (Wildman–Crippen MR) is 95.2 cm³/mol. The van der Waals surface area contributed by atoms with Crippen LogP contribution in [-0.2, 0) is 0 Å². The van der Waals surface area contributed by atoms with Crippen molar-refractivity contribution < 1.29 is 9.72 Å². The maximum absolute atomic E-state index is 12.7. The molecule has 2 aliphatic rings. The molecule has 4 rings (SSSR count). The van der Waals surface area contributed by atoms with Crippen LogP contribution in [0.2, 0.25) is 0 Å². The summed E-state index contributed by atoms with van der Waals surface area (Å²) < 4.78 is 1.56. The number of non-ortho nitro benzene ring substituents is 1. The van der Waals surface area contributed by atoms with Crippen molar-refractivity contribution in [2.45, 2.75) is 12.5 Å². The summed E-state index contributed by atoms with van der Waals surface area (Å²) in [6.45, 7) is 3.39. The van der Waals surface area contributed by atoms with Crippen LogP contribution >= 0.6 is 0 Å². The van der Waals surface area contributed by atoms with Gasteiger partial charge in [-0.25, -0.2) is 4.68 Å². The third-order valence-corrected chi connectivity index (χ3v) is 4.95. The molecule has 0 aliphatic carbocycles. The summed E-state index contributed by atoms with van der Waals surface area (Å²) in [5.41, 5.74) is 1.09. The molecule has 8 heteroatoms. The van der Waals surface area contributed by atoms with Gasteiger partial charge in [-0.2, -0.15) is 5.10 Å². The molecule has 3 heterocycles. The van der Waals surface area contributed by atoms with E-state index in [0.29, 0.717) is 17.4 Å². The smallest absolute Gasteiger partial charge is 0.274 e. The highest BCUT2D eigenvalue weighted by atomic mass is 16.6. The first kappa shape index (κ1) is 16.5. The van der Waals surface area contributed by atoms with Gasteiger partial charge in [0.15, 0.2) is 5.69 Å². The van der Waals surface area contributed by atoms with Gasteiger partial charge < -0.3 is 4.90 Å². The summed E-state index contributed by atoms with van der Waals surface area (Å²) in [7, 11) is 0. The van der Waals surface area contributed by atoms with E-state index >= 15 is 0 Å². The van der Waals surface area contributed by atoms with Crippen LogP contribution in [0.5, 0.6) is 0 Å². The lowest BCUT2D eigenvalue weighted by Gasteiger charge is -2.23. The number of nitrogens with zero attached hydrogens (tertiary/aromatic N) is 5.